The van der Waals surface area contributed by atoms with Crippen LogP contribution in [0.25, 0.3) is 10.9 Å². The Morgan fingerprint density at radius 2 is 1.97 bits per heavy atom. The number of nitrogens with one attached hydrogen (secondary N) is 2. The normalized spacial score (nSPS) is 16.6. The Hall–Kier alpha value is -2.99. The maximum absolute atomic E-state index is 12.3. The van der Waals surface area contributed by atoms with Gasteiger partial charge in [-0.2, -0.15) is 0 Å². The second-order valence-electron chi connectivity index (χ2n) is 7.75. The largest absolute Gasteiger partial charge is 0.497 e. The quantitative estimate of drug-likeness (QED) is 0.577. The number of ether oxygens (including phenoxy) is 1. The van der Waals surface area contributed by atoms with Gasteiger partial charge in [0.2, 0.25) is 5.91 Å². The highest BCUT2D eigenvalue weighted by Gasteiger charge is 2.39. The minimum atomic E-state index is -0.675. The van der Waals surface area contributed by atoms with E-state index in [2.05, 4.69) is 33.5 Å². The van der Waals surface area contributed by atoms with E-state index >= 15 is 0 Å². The number of hydrogen-bond donors (Lipinski definition) is 3. The Kier molecular flexibility index (Phi) is 5.45. The maximum Gasteiger partial charge on any atom is 0.243 e. The second-order valence-corrected chi connectivity index (χ2v) is 7.75. The summed E-state index contributed by atoms with van der Waals surface area (Å²) in [6.45, 7) is 2.63. The van der Waals surface area contributed by atoms with Crippen molar-refractivity contribution in [2.24, 2.45) is 5.73 Å². The Morgan fingerprint density at radius 3 is 2.66 bits per heavy atom. The predicted molar refractivity (Wildman–Crippen MR) is 116 cm³/mol. The van der Waals surface area contributed by atoms with Gasteiger partial charge < -0.3 is 25.7 Å². The van der Waals surface area contributed by atoms with Gasteiger partial charge in [0.15, 0.2) is 0 Å². The maximum atomic E-state index is 12.3. The molecule has 1 fully saturated rings. The van der Waals surface area contributed by atoms with Gasteiger partial charge in [-0.25, -0.2) is 0 Å². The van der Waals surface area contributed by atoms with Crippen LogP contribution in [0.5, 0.6) is 5.75 Å². The number of primary amides is 1. The minimum Gasteiger partial charge on any atom is -0.497 e. The molecule has 0 radical (unpaired) electrons. The summed E-state index contributed by atoms with van der Waals surface area (Å²) in [6.07, 6.45) is 4.44. The summed E-state index contributed by atoms with van der Waals surface area (Å²) in [5, 5.41) is 4.61. The van der Waals surface area contributed by atoms with Crippen molar-refractivity contribution in [3.63, 3.8) is 0 Å². The number of likely N-dealkylation sites (tertiary alicyclic amines) is 1. The molecule has 2 heterocycles. The number of rotatable bonds is 7. The minimum absolute atomic E-state index is 0.273. The molecule has 3 aromatic rings. The van der Waals surface area contributed by atoms with Crippen LogP contribution < -0.4 is 15.8 Å². The zero-order chi connectivity index (χ0) is 20.3. The number of piperidine rings is 1. The van der Waals surface area contributed by atoms with Crippen molar-refractivity contribution in [2.75, 3.05) is 32.1 Å². The van der Waals surface area contributed by atoms with Crippen LogP contribution in [0, 0.1) is 0 Å². The summed E-state index contributed by atoms with van der Waals surface area (Å²) in [7, 11) is 1.69. The third-order valence-electron chi connectivity index (χ3n) is 6.01. The van der Waals surface area contributed by atoms with Crippen LogP contribution in [0.1, 0.15) is 18.4 Å². The molecule has 0 saturated carbocycles. The number of benzene rings is 2. The first-order valence-corrected chi connectivity index (χ1v) is 10.1. The number of amides is 1. The lowest BCUT2D eigenvalue weighted by molar-refractivity contribution is -0.123. The Balaban J connectivity index is 1.39. The Labute approximate surface area is 171 Å². The molecule has 0 spiro atoms. The molecule has 0 bridgehead atoms. The fourth-order valence-electron chi connectivity index (χ4n) is 4.16. The monoisotopic (exact) mass is 392 g/mol. The van der Waals surface area contributed by atoms with E-state index in [1.807, 2.05) is 36.4 Å². The van der Waals surface area contributed by atoms with Crippen molar-refractivity contribution in [1.29, 1.82) is 0 Å². The number of hydrogen-bond acceptors (Lipinski definition) is 4. The molecule has 2 aromatic carbocycles. The van der Waals surface area contributed by atoms with Crippen molar-refractivity contribution in [3.05, 3.63) is 60.3 Å². The first kappa shape index (κ1) is 19.3. The lowest BCUT2D eigenvalue weighted by Gasteiger charge is -2.40. The highest BCUT2D eigenvalue weighted by atomic mass is 16.5. The molecular weight excluding hydrogens is 364 g/mol. The lowest BCUT2D eigenvalue weighted by Crippen LogP contribution is -2.57. The molecule has 4 rings (SSSR count). The van der Waals surface area contributed by atoms with Crippen LogP contribution in [0.2, 0.25) is 0 Å². The lowest BCUT2D eigenvalue weighted by atomic mass is 9.86. The first-order chi connectivity index (χ1) is 14.1. The SMILES string of the molecule is COc1ccc2[nH]cc(CCN3CCC(Nc4ccccc4)(C(N)=O)CC3)c2c1. The fourth-order valence-corrected chi connectivity index (χ4v) is 4.16. The molecule has 6 heteroatoms. The van der Waals surface area contributed by atoms with E-state index in [0.29, 0.717) is 12.8 Å². The van der Waals surface area contributed by atoms with E-state index < -0.39 is 5.54 Å². The average Bonchev–Trinajstić information content (AvgIpc) is 3.16. The Bertz CT molecular complexity index is 975. The number of para-hydroxylation sites is 1. The zero-order valence-corrected chi connectivity index (χ0v) is 16.8. The molecule has 1 saturated heterocycles. The third-order valence-corrected chi connectivity index (χ3v) is 6.01. The van der Waals surface area contributed by atoms with Crippen LogP contribution >= 0.6 is 0 Å². The van der Waals surface area contributed by atoms with Gasteiger partial charge in [0.05, 0.1) is 7.11 Å². The number of nitrogens with two attached hydrogens (primary N) is 1. The van der Waals surface area contributed by atoms with Gasteiger partial charge in [-0.3, -0.25) is 4.79 Å². The molecule has 1 aliphatic heterocycles. The van der Waals surface area contributed by atoms with Crippen molar-refractivity contribution < 1.29 is 9.53 Å². The summed E-state index contributed by atoms with van der Waals surface area (Å²) in [5.41, 5.74) is 8.47. The number of H-pyrrole nitrogens is 1. The predicted octanol–water partition coefficient (Wildman–Crippen LogP) is 3.15. The van der Waals surface area contributed by atoms with E-state index in [9.17, 15) is 4.79 Å². The Morgan fingerprint density at radius 1 is 1.21 bits per heavy atom. The number of carbonyl (C=O) groups excluding carboxylic acids is 1. The molecule has 0 unspecified atom stereocenters. The third kappa shape index (κ3) is 4.07. The number of anilines is 1. The number of fused-ring (bicyclic) bond motifs is 1. The summed E-state index contributed by atoms with van der Waals surface area (Å²) in [6, 6.07) is 15.9. The summed E-state index contributed by atoms with van der Waals surface area (Å²) in [5.74, 6) is 0.597. The second kappa shape index (κ2) is 8.17. The van der Waals surface area contributed by atoms with Gasteiger partial charge in [0, 0.05) is 42.4 Å². The van der Waals surface area contributed by atoms with Crippen molar-refractivity contribution in [3.8, 4) is 5.75 Å². The van der Waals surface area contributed by atoms with Gasteiger partial charge in [0.25, 0.3) is 0 Å². The first-order valence-electron chi connectivity index (χ1n) is 10.1. The molecule has 4 N–H and O–H groups in total. The number of nitrogens with zero attached hydrogens (tertiary/aromatic N) is 1. The van der Waals surface area contributed by atoms with Crippen LogP contribution in [-0.4, -0.2) is 48.1 Å². The van der Waals surface area contributed by atoms with Gasteiger partial charge in [-0.15, -0.1) is 0 Å². The van der Waals surface area contributed by atoms with Crippen LogP contribution in [-0.2, 0) is 11.2 Å². The molecule has 29 heavy (non-hydrogen) atoms. The smallest absolute Gasteiger partial charge is 0.243 e. The van der Waals surface area contributed by atoms with Crippen LogP contribution in [0.4, 0.5) is 5.69 Å². The average molecular weight is 393 g/mol. The summed E-state index contributed by atoms with van der Waals surface area (Å²) in [4.78, 5) is 18.0. The number of aromatic amines is 1. The van der Waals surface area contributed by atoms with Crippen LogP contribution in [0.15, 0.2) is 54.7 Å². The molecule has 6 nitrogen and oxygen atoms in total. The summed E-state index contributed by atoms with van der Waals surface area (Å²) < 4.78 is 5.36. The molecule has 1 aliphatic rings. The van der Waals surface area contributed by atoms with Gasteiger partial charge >= 0.3 is 0 Å². The highest BCUT2D eigenvalue weighted by molar-refractivity contribution is 5.88. The molecule has 1 aromatic heterocycles. The topological polar surface area (TPSA) is 83.4 Å². The zero-order valence-electron chi connectivity index (χ0n) is 16.8. The highest BCUT2D eigenvalue weighted by Crippen LogP contribution is 2.28. The van der Waals surface area contributed by atoms with Crippen molar-refractivity contribution in [2.45, 2.75) is 24.8 Å². The van der Waals surface area contributed by atoms with E-state index in [4.69, 9.17) is 10.5 Å². The number of aromatic nitrogens is 1. The van der Waals surface area contributed by atoms with Gasteiger partial charge in [0.1, 0.15) is 11.3 Å². The van der Waals surface area contributed by atoms with Crippen molar-refractivity contribution >= 4 is 22.5 Å². The van der Waals surface area contributed by atoms with Crippen LogP contribution in [0.3, 0.4) is 0 Å². The summed E-state index contributed by atoms with van der Waals surface area (Å²) >= 11 is 0. The molecular formula is C23H28N4O2. The molecule has 0 aliphatic carbocycles. The number of methoxy groups -OCH3 is 1. The van der Waals surface area contributed by atoms with Gasteiger partial charge in [-0.1, -0.05) is 18.2 Å². The van der Waals surface area contributed by atoms with E-state index in [1.54, 1.807) is 7.11 Å². The van der Waals surface area contributed by atoms with E-state index in [0.717, 1.165) is 43.0 Å². The van der Waals surface area contributed by atoms with Gasteiger partial charge in [-0.05, 0) is 55.2 Å². The van der Waals surface area contributed by atoms with E-state index in [1.165, 1.54) is 10.9 Å². The molecule has 0 atom stereocenters. The van der Waals surface area contributed by atoms with E-state index in [-0.39, 0.29) is 5.91 Å². The van der Waals surface area contributed by atoms with Crippen molar-refractivity contribution in [1.82, 2.24) is 9.88 Å². The molecule has 1 amide bonds. The fraction of sp³-hybridized carbons (Fsp3) is 0.348. The standard InChI is InChI=1S/C23H28N4O2/c1-29-19-7-8-21-20(15-19)17(16-25-21)9-12-27-13-10-23(11-14-27,22(24)28)26-18-5-3-2-4-6-18/h2-8,15-16,25-26H,9-14H2,1H3,(H2,24,28). The molecule has 152 valence electrons. The number of carbonyl (C=O) groups is 1.